The Balaban J connectivity index is 2.05. The van der Waals surface area contributed by atoms with Crippen LogP contribution < -0.4 is 10.1 Å². The first kappa shape index (κ1) is 12.0. The highest BCUT2D eigenvalue weighted by Crippen LogP contribution is 2.20. The lowest BCUT2D eigenvalue weighted by atomic mass is 10.2. The molecular weight excluding hydrogens is 278 g/mol. The van der Waals surface area contributed by atoms with Gasteiger partial charge in [0.05, 0.1) is 7.11 Å². The predicted octanol–water partition coefficient (Wildman–Crippen LogP) is 4.07. The summed E-state index contributed by atoms with van der Waals surface area (Å²) in [5.74, 6) is 0.863. The Morgan fingerprint density at radius 1 is 1.12 bits per heavy atom. The van der Waals surface area contributed by atoms with Gasteiger partial charge in [-0.1, -0.05) is 40.2 Å². The summed E-state index contributed by atoms with van der Waals surface area (Å²) in [6.45, 7) is 0.786. The molecule has 0 bridgehead atoms. The van der Waals surface area contributed by atoms with Crippen LogP contribution in [0, 0.1) is 0 Å². The third kappa shape index (κ3) is 3.24. The number of anilines is 1. The van der Waals surface area contributed by atoms with Crippen LogP contribution in [-0.2, 0) is 6.54 Å². The number of rotatable bonds is 4. The summed E-state index contributed by atoms with van der Waals surface area (Å²) < 4.78 is 6.30. The van der Waals surface area contributed by atoms with Gasteiger partial charge < -0.3 is 10.1 Å². The summed E-state index contributed by atoms with van der Waals surface area (Å²) in [6.07, 6.45) is 0. The van der Waals surface area contributed by atoms with Gasteiger partial charge in [-0.25, -0.2) is 0 Å². The number of ether oxygens (including phenoxy) is 1. The van der Waals surface area contributed by atoms with Gasteiger partial charge in [-0.05, 0) is 23.8 Å². The average Bonchev–Trinajstić information content (AvgIpc) is 2.38. The maximum Gasteiger partial charge on any atom is 0.120 e. The zero-order valence-electron chi connectivity index (χ0n) is 9.61. The topological polar surface area (TPSA) is 21.3 Å². The van der Waals surface area contributed by atoms with E-state index in [2.05, 4.69) is 27.3 Å². The third-order valence-electron chi connectivity index (χ3n) is 2.51. The van der Waals surface area contributed by atoms with E-state index in [9.17, 15) is 0 Å². The van der Waals surface area contributed by atoms with Crippen molar-refractivity contribution in [3.05, 3.63) is 58.6 Å². The van der Waals surface area contributed by atoms with E-state index in [0.717, 1.165) is 22.5 Å². The Morgan fingerprint density at radius 3 is 2.71 bits per heavy atom. The first-order chi connectivity index (χ1) is 8.29. The molecule has 1 N–H and O–H groups in total. The molecule has 88 valence electrons. The molecule has 0 aromatic heterocycles. The van der Waals surface area contributed by atoms with Gasteiger partial charge in [-0.15, -0.1) is 0 Å². The molecular formula is C14H14BrNO. The van der Waals surface area contributed by atoms with Gasteiger partial charge in [-0.3, -0.25) is 0 Å². The van der Waals surface area contributed by atoms with Gasteiger partial charge in [0, 0.05) is 22.8 Å². The molecule has 17 heavy (non-hydrogen) atoms. The van der Waals surface area contributed by atoms with Gasteiger partial charge in [-0.2, -0.15) is 0 Å². The van der Waals surface area contributed by atoms with Gasteiger partial charge in [0.15, 0.2) is 0 Å². The van der Waals surface area contributed by atoms with Crippen LogP contribution in [-0.4, -0.2) is 7.11 Å². The minimum absolute atomic E-state index is 0.786. The second-order valence-electron chi connectivity index (χ2n) is 3.68. The fraction of sp³-hybridized carbons (Fsp3) is 0.143. The number of methoxy groups -OCH3 is 1. The maximum absolute atomic E-state index is 5.18. The molecule has 2 rings (SSSR count). The van der Waals surface area contributed by atoms with E-state index in [-0.39, 0.29) is 0 Å². The van der Waals surface area contributed by atoms with Crippen molar-refractivity contribution in [1.82, 2.24) is 0 Å². The quantitative estimate of drug-likeness (QED) is 0.917. The van der Waals surface area contributed by atoms with Gasteiger partial charge >= 0.3 is 0 Å². The van der Waals surface area contributed by atoms with E-state index in [0.29, 0.717) is 0 Å². The number of halogens is 1. The van der Waals surface area contributed by atoms with Crippen LogP contribution in [0.2, 0.25) is 0 Å². The Labute approximate surface area is 110 Å². The van der Waals surface area contributed by atoms with Gasteiger partial charge in [0.1, 0.15) is 5.75 Å². The highest BCUT2D eigenvalue weighted by molar-refractivity contribution is 9.10. The molecule has 0 aliphatic carbocycles. The largest absolute Gasteiger partial charge is 0.497 e. The number of hydrogen-bond donors (Lipinski definition) is 1. The third-order valence-corrected chi connectivity index (χ3v) is 3.28. The minimum atomic E-state index is 0.786. The average molecular weight is 292 g/mol. The fourth-order valence-electron chi connectivity index (χ4n) is 1.57. The molecule has 0 heterocycles. The molecule has 0 saturated heterocycles. The normalized spacial score (nSPS) is 10.0. The molecule has 2 nitrogen and oxygen atoms in total. The standard InChI is InChI=1S/C14H14BrNO/c1-17-13-7-4-6-12(9-13)16-10-11-5-2-3-8-14(11)15/h2-9,16H,10H2,1H3. The van der Waals surface area contributed by atoms with Crippen LogP contribution in [0.5, 0.6) is 5.75 Å². The second kappa shape index (κ2) is 5.73. The molecule has 0 aliphatic rings. The van der Waals surface area contributed by atoms with Crippen LogP contribution in [0.25, 0.3) is 0 Å². The van der Waals surface area contributed by atoms with Crippen molar-refractivity contribution < 1.29 is 4.74 Å². The van der Waals surface area contributed by atoms with Crippen molar-refractivity contribution in [3.8, 4) is 5.75 Å². The second-order valence-corrected chi connectivity index (χ2v) is 4.53. The molecule has 0 spiro atoms. The number of nitrogens with one attached hydrogen (secondary N) is 1. The van der Waals surface area contributed by atoms with E-state index in [1.165, 1.54) is 5.56 Å². The summed E-state index contributed by atoms with van der Waals surface area (Å²) in [4.78, 5) is 0. The van der Waals surface area contributed by atoms with Crippen molar-refractivity contribution >= 4 is 21.6 Å². The van der Waals surface area contributed by atoms with Gasteiger partial charge in [0.2, 0.25) is 0 Å². The van der Waals surface area contributed by atoms with E-state index < -0.39 is 0 Å². The Bertz CT molecular complexity index is 499. The fourth-order valence-corrected chi connectivity index (χ4v) is 2.00. The molecule has 3 heteroatoms. The summed E-state index contributed by atoms with van der Waals surface area (Å²) in [5.41, 5.74) is 2.29. The molecule has 0 fully saturated rings. The molecule has 0 atom stereocenters. The van der Waals surface area contributed by atoms with E-state index in [1.807, 2.05) is 42.5 Å². The van der Waals surface area contributed by atoms with Crippen LogP contribution in [0.3, 0.4) is 0 Å². The van der Waals surface area contributed by atoms with Crippen molar-refractivity contribution in [2.24, 2.45) is 0 Å². The molecule has 0 saturated carbocycles. The van der Waals surface area contributed by atoms with Crippen molar-refractivity contribution in [2.75, 3.05) is 12.4 Å². The van der Waals surface area contributed by atoms with Gasteiger partial charge in [0.25, 0.3) is 0 Å². The zero-order valence-corrected chi connectivity index (χ0v) is 11.2. The highest BCUT2D eigenvalue weighted by Gasteiger charge is 1.99. The zero-order chi connectivity index (χ0) is 12.1. The van der Waals surface area contributed by atoms with Crippen molar-refractivity contribution in [2.45, 2.75) is 6.54 Å². The van der Waals surface area contributed by atoms with Crippen LogP contribution in [0.4, 0.5) is 5.69 Å². The summed E-state index contributed by atoms with van der Waals surface area (Å²) in [5, 5.41) is 3.37. The number of benzene rings is 2. The summed E-state index contributed by atoms with van der Waals surface area (Å²) in [7, 11) is 1.67. The summed E-state index contributed by atoms with van der Waals surface area (Å²) in [6, 6.07) is 16.1. The molecule has 0 radical (unpaired) electrons. The van der Waals surface area contributed by atoms with Crippen molar-refractivity contribution in [3.63, 3.8) is 0 Å². The van der Waals surface area contributed by atoms with E-state index in [1.54, 1.807) is 7.11 Å². The predicted molar refractivity (Wildman–Crippen MR) is 74.5 cm³/mol. The Morgan fingerprint density at radius 2 is 1.94 bits per heavy atom. The monoisotopic (exact) mass is 291 g/mol. The van der Waals surface area contributed by atoms with Crippen molar-refractivity contribution in [1.29, 1.82) is 0 Å². The first-order valence-electron chi connectivity index (χ1n) is 5.41. The van der Waals surface area contributed by atoms with Crippen LogP contribution >= 0.6 is 15.9 Å². The van der Waals surface area contributed by atoms with Crippen LogP contribution in [0.1, 0.15) is 5.56 Å². The Hall–Kier alpha value is -1.48. The maximum atomic E-state index is 5.18. The minimum Gasteiger partial charge on any atom is -0.497 e. The Kier molecular flexibility index (Phi) is 4.04. The lowest BCUT2D eigenvalue weighted by Gasteiger charge is -2.09. The molecule has 0 unspecified atom stereocenters. The van der Waals surface area contributed by atoms with E-state index in [4.69, 9.17) is 4.74 Å². The SMILES string of the molecule is COc1cccc(NCc2ccccc2Br)c1. The molecule has 0 aliphatic heterocycles. The number of hydrogen-bond acceptors (Lipinski definition) is 2. The molecule has 2 aromatic rings. The van der Waals surface area contributed by atoms with E-state index >= 15 is 0 Å². The summed E-state index contributed by atoms with van der Waals surface area (Å²) >= 11 is 3.53. The van der Waals surface area contributed by atoms with Crippen LogP contribution in [0.15, 0.2) is 53.0 Å². The molecule has 2 aromatic carbocycles. The smallest absolute Gasteiger partial charge is 0.120 e. The molecule has 0 amide bonds. The first-order valence-corrected chi connectivity index (χ1v) is 6.20. The lowest BCUT2D eigenvalue weighted by Crippen LogP contribution is -2.00. The highest BCUT2D eigenvalue weighted by atomic mass is 79.9. The lowest BCUT2D eigenvalue weighted by molar-refractivity contribution is 0.415.